The Balaban J connectivity index is 5.53. The maximum absolute atomic E-state index is 13.4. The number of phosphoric acid groups is 1. The van der Waals surface area contributed by atoms with E-state index in [0.29, 0.717) is 30.3 Å². The number of likely N-dealkylation sites (N-methyl/N-ethyl adjacent to an activating group) is 1. The number of amides is 1. The van der Waals surface area contributed by atoms with Crippen molar-refractivity contribution in [2.45, 2.75) is 219 Å². The fourth-order valence-corrected chi connectivity index (χ4v) is 7.94. The number of ether oxygens (including phenoxy) is 1. The van der Waals surface area contributed by atoms with Gasteiger partial charge in [-0.15, -0.1) is 0 Å². The SMILES string of the molecule is CC\C=C/C=C/C=C/C=C\C=C\C=C\CCCCCC(=O)OC(/C=C/CCCCCCCCCCCC)C(COP(=O)(O)OCC[N+](C)(C)C)NC(=O)CCCCC/C=C\CCCCCCCC. The summed E-state index contributed by atoms with van der Waals surface area (Å²) in [5.74, 6) is -0.583. The molecule has 0 radical (unpaired) electrons. The molecular formula is C58H102N2O7P+. The van der Waals surface area contributed by atoms with Gasteiger partial charge >= 0.3 is 13.8 Å². The summed E-state index contributed by atoms with van der Waals surface area (Å²) >= 11 is 0. The highest BCUT2D eigenvalue weighted by Gasteiger charge is 2.30. The van der Waals surface area contributed by atoms with Gasteiger partial charge < -0.3 is 19.4 Å². The number of hydrogen-bond acceptors (Lipinski definition) is 6. The molecule has 9 nitrogen and oxygen atoms in total. The lowest BCUT2D eigenvalue weighted by atomic mass is 10.1. The van der Waals surface area contributed by atoms with Crippen molar-refractivity contribution in [2.75, 3.05) is 40.9 Å². The van der Waals surface area contributed by atoms with Gasteiger partial charge in [-0.1, -0.05) is 215 Å². The number of carbonyl (C=O) groups is 2. The van der Waals surface area contributed by atoms with E-state index in [1.165, 1.54) is 89.9 Å². The van der Waals surface area contributed by atoms with Crippen LogP contribution in [0.3, 0.4) is 0 Å². The largest absolute Gasteiger partial charge is 0.472 e. The summed E-state index contributed by atoms with van der Waals surface area (Å²) < 4.78 is 30.5. The lowest BCUT2D eigenvalue weighted by Gasteiger charge is -2.27. The molecule has 0 aliphatic rings. The standard InChI is InChI=1S/C58H101N2O7P/c1-7-10-13-16-19-22-25-28-29-30-31-33-36-39-42-45-48-51-58(62)67-56(49-46-43-40-37-34-27-24-21-18-15-12-9-3)55(54-66-68(63,64)65-53-52-60(4,5)6)59-57(61)50-47-44-41-38-35-32-26-23-20-17-14-11-8-2/h10,13,16,19,22,25,28-33,35-36,46,49,55-56H,7-9,11-12,14-15,17-18,20-21,23-24,26-27,34,37-45,47-48,50-54H2,1-6H3,(H-,59,61,63,64)/p+1/b13-10-,19-16+,25-22+,29-28-,31-30+,35-32-,36-33+,49-46+. The highest BCUT2D eigenvalue weighted by atomic mass is 31.2. The van der Waals surface area contributed by atoms with Crippen molar-refractivity contribution < 1.29 is 37.3 Å². The van der Waals surface area contributed by atoms with Crippen molar-refractivity contribution in [3.05, 3.63) is 97.2 Å². The first kappa shape index (κ1) is 64.9. The first-order chi connectivity index (χ1) is 32.9. The lowest BCUT2D eigenvalue weighted by molar-refractivity contribution is -0.870. The predicted octanol–water partition coefficient (Wildman–Crippen LogP) is 16.0. The van der Waals surface area contributed by atoms with Crippen molar-refractivity contribution in [3.8, 4) is 0 Å². The molecule has 0 aromatic heterocycles. The van der Waals surface area contributed by atoms with Gasteiger partial charge in [-0.2, -0.15) is 0 Å². The number of esters is 1. The molecule has 2 N–H and O–H groups in total. The number of unbranched alkanes of at least 4 members (excludes halogenated alkanes) is 22. The maximum Gasteiger partial charge on any atom is 0.472 e. The molecule has 0 spiro atoms. The Morgan fingerprint density at radius 3 is 1.46 bits per heavy atom. The van der Waals surface area contributed by atoms with E-state index in [0.717, 1.165) is 70.6 Å². The Morgan fingerprint density at radius 1 is 0.529 bits per heavy atom. The highest BCUT2D eigenvalue weighted by molar-refractivity contribution is 7.47. The maximum atomic E-state index is 13.4. The molecule has 0 aromatic carbocycles. The number of hydrogen-bond donors (Lipinski definition) is 2. The average Bonchev–Trinajstić information content (AvgIpc) is 3.29. The van der Waals surface area contributed by atoms with E-state index in [-0.39, 0.29) is 31.5 Å². The number of phosphoric ester groups is 1. The first-order valence-corrected chi connectivity index (χ1v) is 28.6. The third-order valence-electron chi connectivity index (χ3n) is 11.4. The Hall–Kier alpha value is -3.07. The third-order valence-corrected chi connectivity index (χ3v) is 12.4. The van der Waals surface area contributed by atoms with E-state index >= 15 is 0 Å². The average molecular weight is 970 g/mol. The minimum absolute atomic E-state index is 0.0251. The Bertz CT molecular complexity index is 1490. The molecule has 0 saturated heterocycles. The van der Waals surface area contributed by atoms with Crippen LogP contribution >= 0.6 is 7.82 Å². The molecule has 390 valence electrons. The summed E-state index contributed by atoms with van der Waals surface area (Å²) in [5, 5.41) is 3.02. The van der Waals surface area contributed by atoms with Gasteiger partial charge in [0, 0.05) is 12.8 Å². The molecule has 1 amide bonds. The van der Waals surface area contributed by atoms with Crippen molar-refractivity contribution in [2.24, 2.45) is 0 Å². The van der Waals surface area contributed by atoms with Gasteiger partial charge in [-0.25, -0.2) is 4.57 Å². The third kappa shape index (κ3) is 48.0. The zero-order valence-electron chi connectivity index (χ0n) is 44.3. The molecule has 0 rings (SSSR count). The van der Waals surface area contributed by atoms with Crippen LogP contribution in [-0.2, 0) is 27.9 Å². The smallest absolute Gasteiger partial charge is 0.456 e. The van der Waals surface area contributed by atoms with Crippen LogP contribution in [0, 0.1) is 0 Å². The van der Waals surface area contributed by atoms with E-state index in [9.17, 15) is 19.0 Å². The number of quaternary nitrogens is 1. The van der Waals surface area contributed by atoms with Crippen molar-refractivity contribution in [3.63, 3.8) is 0 Å². The monoisotopic (exact) mass is 970 g/mol. The molecule has 0 aromatic rings. The molecule has 68 heavy (non-hydrogen) atoms. The summed E-state index contributed by atoms with van der Waals surface area (Å²) in [4.78, 5) is 37.5. The lowest BCUT2D eigenvalue weighted by Crippen LogP contribution is -2.47. The second kappa shape index (κ2) is 47.6. The molecule has 3 atom stereocenters. The van der Waals surface area contributed by atoms with Gasteiger partial charge in [0.15, 0.2) is 0 Å². The number of carbonyl (C=O) groups excluding carboxylic acids is 2. The van der Waals surface area contributed by atoms with Crippen molar-refractivity contribution in [1.82, 2.24) is 5.32 Å². The summed E-state index contributed by atoms with van der Waals surface area (Å²) in [5.41, 5.74) is 0. The molecule has 0 heterocycles. The van der Waals surface area contributed by atoms with E-state index in [1.54, 1.807) is 0 Å². The number of rotatable bonds is 47. The van der Waals surface area contributed by atoms with E-state index in [1.807, 2.05) is 94.1 Å². The van der Waals surface area contributed by atoms with E-state index in [2.05, 4.69) is 50.4 Å². The van der Waals surface area contributed by atoms with Crippen molar-refractivity contribution >= 4 is 19.7 Å². The van der Waals surface area contributed by atoms with Gasteiger partial charge in [0.2, 0.25) is 5.91 Å². The second-order valence-corrected chi connectivity index (χ2v) is 20.6. The zero-order valence-corrected chi connectivity index (χ0v) is 45.2. The minimum atomic E-state index is -4.46. The van der Waals surface area contributed by atoms with Crippen LogP contribution in [0.15, 0.2) is 97.2 Å². The quantitative estimate of drug-likeness (QED) is 0.0156. The second-order valence-electron chi connectivity index (χ2n) is 19.2. The molecular weight excluding hydrogens is 868 g/mol. The normalized spacial score (nSPS) is 14.6. The van der Waals surface area contributed by atoms with Gasteiger partial charge in [0.05, 0.1) is 33.8 Å². The number of nitrogens with zero attached hydrogens (tertiary/aromatic N) is 1. The van der Waals surface area contributed by atoms with Crippen LogP contribution in [0.1, 0.15) is 207 Å². The summed E-state index contributed by atoms with van der Waals surface area (Å²) in [6, 6.07) is -0.878. The Morgan fingerprint density at radius 2 is 0.956 bits per heavy atom. The number of allylic oxidation sites excluding steroid dienone is 15. The van der Waals surface area contributed by atoms with Crippen LogP contribution in [0.25, 0.3) is 0 Å². The minimum Gasteiger partial charge on any atom is -0.456 e. The molecule has 0 aliphatic carbocycles. The van der Waals surface area contributed by atoms with Crippen LogP contribution in [0.2, 0.25) is 0 Å². The van der Waals surface area contributed by atoms with Gasteiger partial charge in [0.25, 0.3) is 0 Å². The van der Waals surface area contributed by atoms with Gasteiger partial charge in [-0.3, -0.25) is 18.6 Å². The number of nitrogens with one attached hydrogen (secondary N) is 1. The first-order valence-electron chi connectivity index (χ1n) is 27.1. The topological polar surface area (TPSA) is 111 Å². The Kier molecular flexibility index (Phi) is 45.5. The Labute approximate surface area is 418 Å². The molecule has 0 saturated carbocycles. The molecule has 3 unspecified atom stereocenters. The van der Waals surface area contributed by atoms with Crippen LogP contribution < -0.4 is 5.32 Å². The summed E-state index contributed by atoms with van der Waals surface area (Å²) in [6.07, 6.45) is 62.6. The predicted molar refractivity (Wildman–Crippen MR) is 290 cm³/mol. The molecule has 10 heteroatoms. The van der Waals surface area contributed by atoms with E-state index in [4.69, 9.17) is 13.8 Å². The van der Waals surface area contributed by atoms with E-state index < -0.39 is 20.0 Å². The van der Waals surface area contributed by atoms with Gasteiger partial charge in [-0.05, 0) is 76.7 Å². The molecule has 0 fully saturated rings. The fourth-order valence-electron chi connectivity index (χ4n) is 7.20. The molecule has 0 bridgehead atoms. The fraction of sp³-hybridized carbons (Fsp3) is 0.690. The zero-order chi connectivity index (χ0) is 50.1. The summed E-state index contributed by atoms with van der Waals surface area (Å²) in [7, 11) is 1.44. The van der Waals surface area contributed by atoms with Gasteiger partial charge in [0.1, 0.15) is 19.3 Å². The molecule has 0 aliphatic heterocycles. The van der Waals surface area contributed by atoms with Crippen LogP contribution in [0.4, 0.5) is 0 Å². The van der Waals surface area contributed by atoms with Crippen molar-refractivity contribution in [1.29, 1.82) is 0 Å². The summed E-state index contributed by atoms with van der Waals surface area (Å²) in [6.45, 7) is 6.79. The van der Waals surface area contributed by atoms with Crippen LogP contribution in [0.5, 0.6) is 0 Å². The highest BCUT2D eigenvalue weighted by Crippen LogP contribution is 2.43. The van der Waals surface area contributed by atoms with Crippen LogP contribution in [-0.4, -0.2) is 74.3 Å².